The predicted molar refractivity (Wildman–Crippen MR) is 139 cm³/mol. The molecule has 2 amide bonds. The SMILES string of the molecule is COc1ccc(CN2C(=S)N(c3cccc(Cl)c3)C(=O)C2CC(=O)Nc2ccc(Cl)cc2)cc1. The lowest BCUT2D eigenvalue weighted by Crippen LogP contribution is -2.37. The summed E-state index contributed by atoms with van der Waals surface area (Å²) in [6.07, 6.45) is -0.0746. The molecule has 3 aromatic carbocycles. The van der Waals surface area contributed by atoms with E-state index in [0.29, 0.717) is 33.1 Å². The van der Waals surface area contributed by atoms with Gasteiger partial charge in [-0.3, -0.25) is 14.5 Å². The van der Waals surface area contributed by atoms with Crippen LogP contribution in [0.5, 0.6) is 5.75 Å². The lowest BCUT2D eigenvalue weighted by molar-refractivity contribution is -0.124. The molecular weight excluding hydrogens is 493 g/mol. The molecule has 3 aromatic rings. The van der Waals surface area contributed by atoms with Crippen LogP contribution in [-0.4, -0.2) is 35.0 Å². The van der Waals surface area contributed by atoms with Gasteiger partial charge in [-0.05, 0) is 72.4 Å². The lowest BCUT2D eigenvalue weighted by atomic mass is 10.1. The van der Waals surface area contributed by atoms with Crippen LogP contribution in [0.1, 0.15) is 12.0 Å². The average Bonchev–Trinajstić information content (AvgIpc) is 3.05. The molecule has 0 aliphatic carbocycles. The molecule has 0 aromatic heterocycles. The Kier molecular flexibility index (Phi) is 7.36. The Balaban J connectivity index is 1.60. The maximum absolute atomic E-state index is 13.5. The van der Waals surface area contributed by atoms with Gasteiger partial charge in [0.05, 0.1) is 19.2 Å². The molecule has 1 saturated heterocycles. The van der Waals surface area contributed by atoms with Gasteiger partial charge in [0, 0.05) is 22.3 Å². The molecule has 1 heterocycles. The molecule has 0 radical (unpaired) electrons. The number of nitrogens with zero attached hydrogens (tertiary/aromatic N) is 2. The first-order valence-corrected chi connectivity index (χ1v) is 11.6. The fraction of sp³-hybridized carbons (Fsp3) is 0.160. The van der Waals surface area contributed by atoms with Crippen molar-refractivity contribution in [1.29, 1.82) is 0 Å². The molecule has 1 N–H and O–H groups in total. The number of hydrogen-bond acceptors (Lipinski definition) is 4. The van der Waals surface area contributed by atoms with Crippen LogP contribution in [0.2, 0.25) is 10.0 Å². The summed E-state index contributed by atoms with van der Waals surface area (Å²) in [7, 11) is 1.60. The summed E-state index contributed by atoms with van der Waals surface area (Å²) in [4.78, 5) is 29.6. The van der Waals surface area contributed by atoms with Gasteiger partial charge in [0.25, 0.3) is 5.91 Å². The number of nitrogens with one attached hydrogen (secondary N) is 1. The highest BCUT2D eigenvalue weighted by atomic mass is 35.5. The van der Waals surface area contributed by atoms with Gasteiger partial charge < -0.3 is 15.0 Å². The number of anilines is 2. The summed E-state index contributed by atoms with van der Waals surface area (Å²) in [6.45, 7) is 0.352. The van der Waals surface area contributed by atoms with Crippen LogP contribution in [-0.2, 0) is 16.1 Å². The highest BCUT2D eigenvalue weighted by Gasteiger charge is 2.44. The van der Waals surface area contributed by atoms with Gasteiger partial charge in [-0.1, -0.05) is 41.4 Å². The number of rotatable bonds is 7. The molecule has 0 spiro atoms. The Morgan fingerprint density at radius 1 is 1.03 bits per heavy atom. The van der Waals surface area contributed by atoms with Crippen molar-refractivity contribution >= 4 is 63.7 Å². The smallest absolute Gasteiger partial charge is 0.256 e. The fourth-order valence-corrected chi connectivity index (χ4v) is 4.41. The minimum absolute atomic E-state index is 0.0746. The summed E-state index contributed by atoms with van der Waals surface area (Å²) in [6, 6.07) is 20.4. The van der Waals surface area contributed by atoms with Crippen LogP contribution in [0.15, 0.2) is 72.8 Å². The van der Waals surface area contributed by atoms with E-state index in [1.165, 1.54) is 4.90 Å². The van der Waals surface area contributed by atoms with Gasteiger partial charge in [0.1, 0.15) is 11.8 Å². The lowest BCUT2D eigenvalue weighted by Gasteiger charge is -2.24. The average molecular weight is 514 g/mol. The number of thiocarbonyl (C=S) groups is 1. The largest absolute Gasteiger partial charge is 0.497 e. The Morgan fingerprint density at radius 3 is 2.38 bits per heavy atom. The van der Waals surface area contributed by atoms with E-state index in [4.69, 9.17) is 40.2 Å². The molecule has 174 valence electrons. The quantitative estimate of drug-likeness (QED) is 0.420. The van der Waals surface area contributed by atoms with E-state index in [2.05, 4.69) is 5.32 Å². The zero-order chi connectivity index (χ0) is 24.2. The van der Waals surface area contributed by atoms with Gasteiger partial charge >= 0.3 is 0 Å². The van der Waals surface area contributed by atoms with Crippen molar-refractivity contribution in [2.45, 2.75) is 19.0 Å². The Labute approximate surface area is 213 Å². The standard InChI is InChI=1S/C25H21Cl2N3O3S/c1-33-21-11-5-16(6-12-21)15-29-22(14-23(31)28-19-9-7-17(26)8-10-19)24(32)30(25(29)34)20-4-2-3-18(27)13-20/h2-13,22H,14-15H2,1H3,(H,28,31). The summed E-state index contributed by atoms with van der Waals surface area (Å²) in [5, 5.41) is 4.18. The Bertz CT molecular complexity index is 1220. The molecule has 1 aliphatic rings. The zero-order valence-corrected chi connectivity index (χ0v) is 20.5. The topological polar surface area (TPSA) is 61.9 Å². The molecule has 0 saturated carbocycles. The van der Waals surface area contributed by atoms with Gasteiger partial charge in [-0.2, -0.15) is 0 Å². The minimum Gasteiger partial charge on any atom is -0.497 e. The summed E-state index contributed by atoms with van der Waals surface area (Å²) in [5.41, 5.74) is 2.07. The maximum Gasteiger partial charge on any atom is 0.256 e. The first-order chi connectivity index (χ1) is 16.4. The number of ether oxygens (including phenoxy) is 1. The third-order valence-electron chi connectivity index (χ3n) is 5.40. The number of amides is 2. The van der Waals surface area contributed by atoms with E-state index in [0.717, 1.165) is 11.3 Å². The second-order valence-electron chi connectivity index (χ2n) is 7.69. The first kappa shape index (κ1) is 24.0. The molecule has 34 heavy (non-hydrogen) atoms. The summed E-state index contributed by atoms with van der Waals surface area (Å²) in [5.74, 6) is 0.131. The third kappa shape index (κ3) is 5.33. The van der Waals surface area contributed by atoms with Crippen LogP contribution in [0.25, 0.3) is 0 Å². The molecule has 9 heteroatoms. The fourth-order valence-electron chi connectivity index (χ4n) is 3.72. The molecule has 1 unspecified atom stereocenters. The van der Waals surface area contributed by atoms with Gasteiger partial charge in [0.2, 0.25) is 5.91 Å². The molecule has 1 fully saturated rings. The Hall–Kier alpha value is -3.13. The minimum atomic E-state index is -0.777. The zero-order valence-electron chi connectivity index (χ0n) is 18.2. The number of benzene rings is 3. The second-order valence-corrected chi connectivity index (χ2v) is 8.93. The highest BCUT2D eigenvalue weighted by Crippen LogP contribution is 2.30. The van der Waals surface area contributed by atoms with Gasteiger partial charge in [-0.25, -0.2) is 0 Å². The van der Waals surface area contributed by atoms with Crippen molar-refractivity contribution in [2.24, 2.45) is 0 Å². The number of halogens is 2. The van der Waals surface area contributed by atoms with E-state index in [9.17, 15) is 9.59 Å². The van der Waals surface area contributed by atoms with E-state index >= 15 is 0 Å². The van der Waals surface area contributed by atoms with Crippen LogP contribution in [0.3, 0.4) is 0 Å². The maximum atomic E-state index is 13.5. The molecule has 1 aliphatic heterocycles. The van der Waals surface area contributed by atoms with E-state index in [1.54, 1.807) is 60.5 Å². The van der Waals surface area contributed by atoms with Crippen molar-refractivity contribution < 1.29 is 14.3 Å². The summed E-state index contributed by atoms with van der Waals surface area (Å²) < 4.78 is 5.23. The van der Waals surface area contributed by atoms with Crippen molar-refractivity contribution in [3.63, 3.8) is 0 Å². The highest BCUT2D eigenvalue weighted by molar-refractivity contribution is 7.80. The first-order valence-electron chi connectivity index (χ1n) is 10.4. The second kappa shape index (κ2) is 10.4. The molecule has 0 bridgehead atoms. The van der Waals surface area contributed by atoms with Crippen LogP contribution in [0.4, 0.5) is 11.4 Å². The van der Waals surface area contributed by atoms with E-state index in [1.807, 2.05) is 24.3 Å². The summed E-state index contributed by atoms with van der Waals surface area (Å²) >= 11 is 17.8. The van der Waals surface area contributed by atoms with E-state index in [-0.39, 0.29) is 18.2 Å². The van der Waals surface area contributed by atoms with Crippen LogP contribution in [0, 0.1) is 0 Å². The molecular formula is C25H21Cl2N3O3S. The Morgan fingerprint density at radius 2 is 1.74 bits per heavy atom. The van der Waals surface area contributed by atoms with Crippen LogP contribution < -0.4 is 15.0 Å². The molecule has 6 nitrogen and oxygen atoms in total. The number of methoxy groups -OCH3 is 1. The molecule has 4 rings (SSSR count). The molecule has 1 atom stereocenters. The van der Waals surface area contributed by atoms with Gasteiger partial charge in [-0.15, -0.1) is 0 Å². The third-order valence-corrected chi connectivity index (χ3v) is 6.31. The van der Waals surface area contributed by atoms with Gasteiger partial charge in [0.15, 0.2) is 5.11 Å². The monoisotopic (exact) mass is 513 g/mol. The number of carbonyl (C=O) groups excluding carboxylic acids is 2. The van der Waals surface area contributed by atoms with Crippen LogP contribution >= 0.6 is 35.4 Å². The van der Waals surface area contributed by atoms with E-state index < -0.39 is 6.04 Å². The predicted octanol–water partition coefficient (Wildman–Crippen LogP) is 5.53. The van der Waals surface area contributed by atoms with Crippen molar-refractivity contribution in [3.8, 4) is 5.75 Å². The normalized spacial score (nSPS) is 15.6. The van der Waals surface area contributed by atoms with Crippen molar-refractivity contribution in [3.05, 3.63) is 88.4 Å². The number of carbonyl (C=O) groups is 2. The number of hydrogen-bond donors (Lipinski definition) is 1. The van der Waals surface area contributed by atoms with Crippen molar-refractivity contribution in [2.75, 3.05) is 17.3 Å². The van der Waals surface area contributed by atoms with Crippen molar-refractivity contribution in [1.82, 2.24) is 4.90 Å².